The summed E-state index contributed by atoms with van der Waals surface area (Å²) >= 11 is 0. The molecule has 166 valence electrons. The van der Waals surface area contributed by atoms with Crippen molar-refractivity contribution >= 4 is 11.6 Å². The number of aromatic nitrogens is 3. The van der Waals surface area contributed by atoms with Crippen molar-refractivity contribution in [1.82, 2.24) is 19.2 Å². The summed E-state index contributed by atoms with van der Waals surface area (Å²) in [4.78, 5) is 38.6. The molecule has 0 radical (unpaired) electrons. The van der Waals surface area contributed by atoms with Crippen LogP contribution in [0.2, 0.25) is 0 Å². The molecule has 2 aromatic rings. The minimum Gasteiger partial charge on any atom is -0.383 e. The van der Waals surface area contributed by atoms with Gasteiger partial charge in [-0.25, -0.2) is 9.48 Å². The lowest BCUT2D eigenvalue weighted by Crippen LogP contribution is -2.40. The molecule has 10 heteroatoms. The Bertz CT molecular complexity index is 1050. The predicted molar refractivity (Wildman–Crippen MR) is 112 cm³/mol. The van der Waals surface area contributed by atoms with Crippen LogP contribution in [-0.4, -0.2) is 56.9 Å². The molecule has 1 saturated carbocycles. The molecule has 2 heterocycles. The molecule has 1 aliphatic heterocycles. The minimum atomic E-state index is -0.466. The van der Waals surface area contributed by atoms with Crippen molar-refractivity contribution < 1.29 is 14.5 Å². The Morgan fingerprint density at radius 1 is 1.32 bits per heavy atom. The van der Waals surface area contributed by atoms with E-state index in [9.17, 15) is 19.7 Å². The molecule has 1 saturated heterocycles. The van der Waals surface area contributed by atoms with Crippen molar-refractivity contribution in [2.45, 2.75) is 51.1 Å². The van der Waals surface area contributed by atoms with Crippen molar-refractivity contribution in [1.29, 1.82) is 0 Å². The van der Waals surface area contributed by atoms with Gasteiger partial charge >= 0.3 is 5.69 Å². The van der Waals surface area contributed by atoms with Gasteiger partial charge in [0.15, 0.2) is 0 Å². The van der Waals surface area contributed by atoms with Crippen molar-refractivity contribution in [2.24, 2.45) is 0 Å². The Hall–Kier alpha value is -3.01. The Morgan fingerprint density at radius 2 is 2.10 bits per heavy atom. The van der Waals surface area contributed by atoms with Gasteiger partial charge in [0.2, 0.25) is 0 Å². The largest absolute Gasteiger partial charge is 0.383 e. The number of nitro groups is 1. The zero-order valence-corrected chi connectivity index (χ0v) is 17.8. The maximum atomic E-state index is 13.2. The number of benzene rings is 1. The summed E-state index contributed by atoms with van der Waals surface area (Å²) < 4.78 is 8.36. The molecule has 1 aromatic heterocycles. The third-order valence-corrected chi connectivity index (χ3v) is 6.12. The highest BCUT2D eigenvalue weighted by atomic mass is 16.6. The number of carbonyl (C=O) groups excluding carboxylic acids is 1. The van der Waals surface area contributed by atoms with Gasteiger partial charge < -0.3 is 9.64 Å². The first-order valence-electron chi connectivity index (χ1n) is 10.6. The number of likely N-dealkylation sites (tertiary alicyclic amines) is 1. The fourth-order valence-corrected chi connectivity index (χ4v) is 4.31. The number of nitrogens with zero attached hydrogens (tertiary/aromatic N) is 5. The van der Waals surface area contributed by atoms with E-state index in [1.165, 1.54) is 10.7 Å². The lowest BCUT2D eigenvalue weighted by Gasteiger charge is -2.32. The van der Waals surface area contributed by atoms with Crippen LogP contribution in [0, 0.1) is 17.0 Å². The van der Waals surface area contributed by atoms with Gasteiger partial charge in [0.25, 0.3) is 11.6 Å². The zero-order valence-electron chi connectivity index (χ0n) is 17.8. The van der Waals surface area contributed by atoms with Crippen molar-refractivity contribution in [3.63, 3.8) is 0 Å². The van der Waals surface area contributed by atoms with Crippen molar-refractivity contribution in [2.75, 3.05) is 26.8 Å². The van der Waals surface area contributed by atoms with Crippen molar-refractivity contribution in [3.05, 3.63) is 55.7 Å². The van der Waals surface area contributed by atoms with Crippen LogP contribution in [0.5, 0.6) is 0 Å². The standard InChI is InChI=1S/C21H27N5O5/c1-14-17(6-3-7-18(14)26(29)30)20(27)23-10-4-5-15(13-23)19-22-24(11-12-31-2)21(28)25(19)16-8-9-16/h3,6-7,15-16H,4-5,8-13H2,1-2H3. The highest BCUT2D eigenvalue weighted by Gasteiger charge is 2.35. The van der Waals surface area contributed by atoms with Crippen LogP contribution in [0.25, 0.3) is 0 Å². The number of methoxy groups -OCH3 is 1. The second-order valence-corrected chi connectivity index (χ2v) is 8.26. The SMILES string of the molecule is COCCn1nc(C2CCCN(C(=O)c3cccc([N+](=O)[O-])c3C)C2)n(C2CC2)c1=O. The molecule has 1 unspecified atom stereocenters. The van der Waals surface area contributed by atoms with Gasteiger partial charge in [-0.3, -0.25) is 19.5 Å². The Balaban J connectivity index is 1.60. The van der Waals surface area contributed by atoms with Crippen LogP contribution in [0.4, 0.5) is 5.69 Å². The van der Waals surface area contributed by atoms with E-state index in [1.807, 2.05) is 0 Å². The monoisotopic (exact) mass is 429 g/mol. The Morgan fingerprint density at radius 3 is 2.77 bits per heavy atom. The van der Waals surface area contributed by atoms with Gasteiger partial charge in [-0.15, -0.1) is 0 Å². The van der Waals surface area contributed by atoms with Gasteiger partial charge in [0, 0.05) is 49.4 Å². The van der Waals surface area contributed by atoms with E-state index in [0.29, 0.717) is 37.4 Å². The summed E-state index contributed by atoms with van der Waals surface area (Å²) in [5, 5.41) is 15.9. The predicted octanol–water partition coefficient (Wildman–Crippen LogP) is 2.26. The molecular formula is C21H27N5O5. The van der Waals surface area contributed by atoms with E-state index in [0.717, 1.165) is 31.5 Å². The molecule has 0 N–H and O–H groups in total. The maximum absolute atomic E-state index is 13.2. The second kappa shape index (κ2) is 8.62. The van der Waals surface area contributed by atoms with Crippen LogP contribution >= 0.6 is 0 Å². The highest BCUT2D eigenvalue weighted by Crippen LogP contribution is 2.37. The third kappa shape index (κ3) is 4.12. The molecule has 2 aliphatic rings. The number of nitro benzene ring substituents is 1. The first-order chi connectivity index (χ1) is 14.9. The first kappa shape index (κ1) is 21.2. The second-order valence-electron chi connectivity index (χ2n) is 8.26. The van der Waals surface area contributed by atoms with Gasteiger partial charge in [-0.2, -0.15) is 5.10 Å². The van der Waals surface area contributed by atoms with E-state index in [2.05, 4.69) is 5.10 Å². The molecule has 1 aromatic carbocycles. The van der Waals surface area contributed by atoms with E-state index in [4.69, 9.17) is 4.74 Å². The van der Waals surface area contributed by atoms with E-state index in [1.54, 1.807) is 35.6 Å². The van der Waals surface area contributed by atoms with Gasteiger partial charge in [0.1, 0.15) is 5.82 Å². The number of piperidine rings is 1. The topological polar surface area (TPSA) is 112 Å². The summed E-state index contributed by atoms with van der Waals surface area (Å²) in [5.74, 6) is 0.468. The van der Waals surface area contributed by atoms with Gasteiger partial charge in [0.05, 0.1) is 18.1 Å². The first-order valence-corrected chi connectivity index (χ1v) is 10.6. The number of ether oxygens (including phenoxy) is 1. The summed E-state index contributed by atoms with van der Waals surface area (Å²) in [6.45, 7) is 3.42. The lowest BCUT2D eigenvalue weighted by atomic mass is 9.95. The summed E-state index contributed by atoms with van der Waals surface area (Å²) in [6.07, 6.45) is 3.55. The summed E-state index contributed by atoms with van der Waals surface area (Å²) in [6, 6.07) is 4.77. The van der Waals surface area contributed by atoms with Crippen LogP contribution in [0.15, 0.2) is 23.0 Å². The average molecular weight is 429 g/mol. The molecule has 1 aliphatic carbocycles. The number of carbonyl (C=O) groups is 1. The van der Waals surface area contributed by atoms with E-state index >= 15 is 0 Å². The quantitative estimate of drug-likeness (QED) is 0.493. The summed E-state index contributed by atoms with van der Waals surface area (Å²) in [7, 11) is 1.59. The Labute approximate surface area is 179 Å². The minimum absolute atomic E-state index is 0.0474. The van der Waals surface area contributed by atoms with E-state index < -0.39 is 4.92 Å². The van der Waals surface area contributed by atoms with Gasteiger partial charge in [-0.1, -0.05) is 6.07 Å². The van der Waals surface area contributed by atoms with E-state index in [-0.39, 0.29) is 29.2 Å². The van der Waals surface area contributed by atoms with Crippen LogP contribution in [0.1, 0.15) is 59.4 Å². The van der Waals surface area contributed by atoms with Gasteiger partial charge in [-0.05, 0) is 38.7 Å². The molecule has 1 atom stereocenters. The molecule has 4 rings (SSSR count). The number of rotatable bonds is 7. The molecule has 0 spiro atoms. The van der Waals surface area contributed by atoms with Crippen molar-refractivity contribution in [3.8, 4) is 0 Å². The third-order valence-electron chi connectivity index (χ3n) is 6.12. The molecule has 2 fully saturated rings. The normalized spacial score (nSPS) is 18.9. The van der Waals surface area contributed by atoms with Crippen LogP contribution < -0.4 is 5.69 Å². The molecule has 0 bridgehead atoms. The number of hydrogen-bond donors (Lipinski definition) is 0. The van der Waals surface area contributed by atoms with Crippen LogP contribution in [0.3, 0.4) is 0 Å². The average Bonchev–Trinajstić information content (AvgIpc) is 3.55. The molecule has 31 heavy (non-hydrogen) atoms. The fourth-order valence-electron chi connectivity index (χ4n) is 4.31. The number of amides is 1. The molecular weight excluding hydrogens is 402 g/mol. The van der Waals surface area contributed by atoms with Crippen LogP contribution in [-0.2, 0) is 11.3 Å². The smallest absolute Gasteiger partial charge is 0.346 e. The fraction of sp³-hybridized carbons (Fsp3) is 0.571. The lowest BCUT2D eigenvalue weighted by molar-refractivity contribution is -0.385. The summed E-state index contributed by atoms with van der Waals surface area (Å²) in [5.41, 5.74) is 0.546. The molecule has 1 amide bonds. The molecule has 10 nitrogen and oxygen atoms in total. The zero-order chi connectivity index (χ0) is 22.1. The number of hydrogen-bond acceptors (Lipinski definition) is 6. The highest BCUT2D eigenvalue weighted by molar-refractivity contribution is 5.96. The maximum Gasteiger partial charge on any atom is 0.346 e. The Kier molecular flexibility index (Phi) is 5.90.